The average Bonchev–Trinajstić information content (AvgIpc) is 4.14. The van der Waals surface area contributed by atoms with Crippen molar-refractivity contribution < 1.29 is 33.4 Å². The van der Waals surface area contributed by atoms with E-state index in [1.807, 2.05) is 38.1 Å². The molecule has 0 spiro atoms. The summed E-state index contributed by atoms with van der Waals surface area (Å²) in [7, 11) is 2.52. The number of hydrogen-bond donors (Lipinski definition) is 4. The zero-order valence-corrected chi connectivity index (χ0v) is 34.9. The Labute approximate surface area is 365 Å². The number of fused-ring (bicyclic) bond motifs is 1. The highest BCUT2D eigenvalue weighted by molar-refractivity contribution is 5.94. The number of aromatic amines is 2. The van der Waals surface area contributed by atoms with Crippen molar-refractivity contribution in [2.75, 3.05) is 27.3 Å². The van der Waals surface area contributed by atoms with Crippen LogP contribution < -0.4 is 10.6 Å². The summed E-state index contributed by atoms with van der Waals surface area (Å²) < 4.78 is 9.55. The molecule has 4 heterocycles. The third-order valence-electron chi connectivity index (χ3n) is 11.7. The molecule has 0 radical (unpaired) electrons. The second-order valence-electron chi connectivity index (χ2n) is 16.0. The lowest BCUT2D eigenvalue weighted by molar-refractivity contribution is -0.136. The summed E-state index contributed by atoms with van der Waals surface area (Å²) in [6, 6.07) is 26.9. The van der Waals surface area contributed by atoms with Crippen molar-refractivity contribution in [2.24, 2.45) is 5.92 Å². The highest BCUT2D eigenvalue weighted by atomic mass is 16.5. The molecule has 2 aliphatic rings. The number of imidazole rings is 2. The lowest BCUT2D eigenvalue weighted by Gasteiger charge is -2.30. The van der Waals surface area contributed by atoms with Crippen LogP contribution in [0.5, 0.6) is 0 Å². The predicted octanol–water partition coefficient (Wildman–Crippen LogP) is 7.91. The summed E-state index contributed by atoms with van der Waals surface area (Å²) in [5.41, 5.74) is 6.11. The number of nitrogens with one attached hydrogen (secondary N) is 4. The smallest absolute Gasteiger partial charge is 0.407 e. The summed E-state index contributed by atoms with van der Waals surface area (Å²) in [4.78, 5) is 83.9. The number of alkyl carbamates (subject to hydrolysis) is 2. The quantitative estimate of drug-likeness (QED) is 0.100. The van der Waals surface area contributed by atoms with E-state index in [0.29, 0.717) is 23.8 Å². The van der Waals surface area contributed by atoms with E-state index in [2.05, 4.69) is 73.0 Å². The molecule has 4 amide bonds. The van der Waals surface area contributed by atoms with Gasteiger partial charge in [-0.25, -0.2) is 19.6 Å². The number of carbonyl (C=O) groups excluding carboxylic acids is 5. The van der Waals surface area contributed by atoms with Crippen LogP contribution in [-0.4, -0.2) is 92.9 Å². The Morgan fingerprint density at radius 1 is 0.698 bits per heavy atom. The van der Waals surface area contributed by atoms with Gasteiger partial charge >= 0.3 is 12.2 Å². The molecule has 326 valence electrons. The van der Waals surface area contributed by atoms with E-state index in [4.69, 9.17) is 9.47 Å². The van der Waals surface area contributed by atoms with Crippen LogP contribution in [0.25, 0.3) is 44.4 Å². The number of amides is 4. The molecule has 2 aliphatic heterocycles. The number of H-pyrrole nitrogens is 2. The summed E-state index contributed by atoms with van der Waals surface area (Å²) in [6.45, 7) is 4.27. The molecule has 0 aliphatic carbocycles. The first-order valence-electron chi connectivity index (χ1n) is 20.6. The third kappa shape index (κ3) is 9.18. The Kier molecular flexibility index (Phi) is 13.0. The number of rotatable bonds is 11. The van der Waals surface area contributed by atoms with Crippen LogP contribution in [0, 0.1) is 5.92 Å². The second-order valence-corrected chi connectivity index (χ2v) is 16.0. The monoisotopic (exact) mass is 852 g/mol. The molecule has 2 saturated heterocycles. The Morgan fingerprint density at radius 3 is 1.92 bits per heavy atom. The molecular formula is C48H52N8O7. The zero-order valence-electron chi connectivity index (χ0n) is 34.9. The van der Waals surface area contributed by atoms with Crippen LogP contribution >= 0.6 is 0 Å². The van der Waals surface area contributed by atoms with Gasteiger partial charge in [-0.15, -0.1) is 0 Å². The summed E-state index contributed by atoms with van der Waals surface area (Å²) >= 11 is 0. The number of aromatic nitrogens is 4. The number of nitrogens with zero attached hydrogens (tertiary/aromatic N) is 4. The molecule has 0 saturated carbocycles. The highest BCUT2D eigenvalue weighted by Crippen LogP contribution is 2.36. The first-order chi connectivity index (χ1) is 30.0. The van der Waals surface area contributed by atoms with E-state index in [0.717, 1.165) is 57.3 Å². The maximum absolute atomic E-state index is 13.9. The van der Waals surface area contributed by atoms with Crippen molar-refractivity contribution in [3.8, 4) is 33.6 Å². The minimum absolute atomic E-state index is 0. The highest BCUT2D eigenvalue weighted by Gasteiger charge is 2.41. The van der Waals surface area contributed by atoms with Gasteiger partial charge in [0.2, 0.25) is 5.91 Å². The van der Waals surface area contributed by atoms with Crippen molar-refractivity contribution >= 4 is 40.6 Å². The number of benzene rings is 4. The van der Waals surface area contributed by atoms with Crippen LogP contribution in [-0.2, 0) is 23.9 Å². The summed E-state index contributed by atoms with van der Waals surface area (Å²) in [6.07, 6.45) is 3.82. The minimum atomic E-state index is -1.05. The van der Waals surface area contributed by atoms with E-state index in [9.17, 15) is 24.0 Å². The number of ether oxygens (including phenoxy) is 2. The molecule has 0 bridgehead atoms. The van der Waals surface area contributed by atoms with E-state index in [-0.39, 0.29) is 44.0 Å². The maximum atomic E-state index is 13.9. The third-order valence-corrected chi connectivity index (χ3v) is 11.7. The molecule has 15 nitrogen and oxygen atoms in total. The lowest BCUT2D eigenvalue weighted by Crippen LogP contribution is -2.51. The van der Waals surface area contributed by atoms with Gasteiger partial charge in [0.15, 0.2) is 5.78 Å². The molecule has 2 fully saturated rings. The Bertz CT molecular complexity index is 2620. The van der Waals surface area contributed by atoms with Crippen molar-refractivity contribution in [3.63, 3.8) is 0 Å². The molecule has 4 atom stereocenters. The maximum Gasteiger partial charge on any atom is 0.407 e. The van der Waals surface area contributed by atoms with Gasteiger partial charge in [-0.05, 0) is 63.9 Å². The fourth-order valence-corrected chi connectivity index (χ4v) is 8.38. The van der Waals surface area contributed by atoms with Gasteiger partial charge in [-0.3, -0.25) is 14.4 Å². The Hall–Kier alpha value is -7.29. The molecule has 15 heteroatoms. The molecular weight excluding hydrogens is 801 g/mol. The number of Topliss-reactive ketones (excluding diaryl/α,β-unsaturated/α-hetero) is 1. The number of carbonyl (C=O) groups is 5. The molecule has 6 aromatic rings. The molecule has 1 unspecified atom stereocenters. The van der Waals surface area contributed by atoms with Crippen LogP contribution in [0.15, 0.2) is 103 Å². The van der Waals surface area contributed by atoms with Crippen molar-refractivity contribution in [1.82, 2.24) is 40.4 Å². The summed E-state index contributed by atoms with van der Waals surface area (Å²) in [5, 5.41) is 7.39. The van der Waals surface area contributed by atoms with Gasteiger partial charge in [0.25, 0.3) is 5.91 Å². The SMILES string of the molecule is C.COC(=O)NC(C(=O)N1CC(=O)C[C@H]1c1ncc(-c2ccc3cc(-c4ccc(-c5cnc([C@@H]6CCCN6C(=O)[C@@H](NC(=O)OC)C(C)C)[nH]5)cc4)ccc3c2)[nH]1)c1ccccc1. The number of hydrogen-bond acceptors (Lipinski definition) is 9. The largest absolute Gasteiger partial charge is 0.453 e. The Balaban J connectivity index is 0.00000595. The van der Waals surface area contributed by atoms with Crippen LogP contribution in [0.3, 0.4) is 0 Å². The standard InChI is InChI=1S/C47H48N8O7.CH4/c1-27(2)40(52-46(59)61-3)44(57)54-20-8-11-38(54)42-48-24-36(50-42)29-14-12-28(13-15-29)31-16-17-33-22-34(19-18-32(33)21-31)37-25-49-43(51-37)39-23-35(56)26-55(39)45(58)41(53-47(60)62-4)30-9-6-5-7-10-30;/h5-7,9-10,12-19,21-22,24-25,27,38-41H,8,11,20,23,26H2,1-4H3,(H,48,50)(H,49,51)(H,52,59)(H,53,60);1H4/t38-,39-,40-,41?;/m0./s1. The molecule has 8 rings (SSSR count). The van der Waals surface area contributed by atoms with E-state index >= 15 is 0 Å². The van der Waals surface area contributed by atoms with Gasteiger partial charge in [0.05, 0.1) is 56.6 Å². The summed E-state index contributed by atoms with van der Waals surface area (Å²) in [5.74, 6) is 0.387. The second kappa shape index (κ2) is 18.8. The normalized spacial score (nSPS) is 17.0. The van der Waals surface area contributed by atoms with Gasteiger partial charge in [0, 0.05) is 18.5 Å². The predicted molar refractivity (Wildman–Crippen MR) is 238 cm³/mol. The van der Waals surface area contributed by atoms with E-state index in [1.165, 1.54) is 19.1 Å². The van der Waals surface area contributed by atoms with Crippen LogP contribution in [0.2, 0.25) is 0 Å². The van der Waals surface area contributed by atoms with E-state index in [1.54, 1.807) is 41.6 Å². The molecule has 4 N–H and O–H groups in total. The first-order valence-corrected chi connectivity index (χ1v) is 20.6. The van der Waals surface area contributed by atoms with Crippen molar-refractivity contribution in [1.29, 1.82) is 0 Å². The fourth-order valence-electron chi connectivity index (χ4n) is 8.38. The fraction of sp³-hybridized carbons (Fsp3) is 0.312. The van der Waals surface area contributed by atoms with Crippen molar-refractivity contribution in [2.45, 2.75) is 64.7 Å². The van der Waals surface area contributed by atoms with Gasteiger partial charge < -0.3 is 39.9 Å². The number of ketones is 1. The van der Waals surface area contributed by atoms with Gasteiger partial charge in [0.1, 0.15) is 23.7 Å². The van der Waals surface area contributed by atoms with E-state index < -0.39 is 36.2 Å². The van der Waals surface area contributed by atoms with Gasteiger partial charge in [-0.2, -0.15) is 0 Å². The van der Waals surface area contributed by atoms with Crippen LogP contribution in [0.4, 0.5) is 9.59 Å². The van der Waals surface area contributed by atoms with Crippen molar-refractivity contribution in [3.05, 3.63) is 121 Å². The molecule has 63 heavy (non-hydrogen) atoms. The topological polar surface area (TPSA) is 192 Å². The average molecular weight is 853 g/mol. The molecule has 4 aromatic carbocycles. The van der Waals surface area contributed by atoms with Gasteiger partial charge in [-0.1, -0.05) is 100 Å². The molecule has 2 aromatic heterocycles. The first kappa shape index (κ1) is 43.8. The Morgan fingerprint density at radius 2 is 1.27 bits per heavy atom. The number of methoxy groups -OCH3 is 2. The number of likely N-dealkylation sites (tertiary alicyclic amines) is 2. The zero-order chi connectivity index (χ0) is 43.5. The van der Waals surface area contributed by atoms with Crippen LogP contribution in [0.1, 0.15) is 75.9 Å². The lowest BCUT2D eigenvalue weighted by atomic mass is 9.98. The minimum Gasteiger partial charge on any atom is -0.453 e.